The van der Waals surface area contributed by atoms with Crippen LogP contribution in [0.15, 0.2) is 0 Å². The fourth-order valence-electron chi connectivity index (χ4n) is 5.50. The molecule has 0 aromatic carbocycles. The first-order chi connectivity index (χ1) is 17.4. The molecule has 0 saturated heterocycles. The molecule has 0 aromatic heterocycles. The van der Waals surface area contributed by atoms with Crippen LogP contribution in [0.4, 0.5) is 0 Å². The third-order valence-corrected chi connectivity index (χ3v) is 8.38. The van der Waals surface area contributed by atoms with Gasteiger partial charge in [0.05, 0.1) is 0 Å². The van der Waals surface area contributed by atoms with Crippen LogP contribution in [0, 0.1) is 0 Å². The summed E-state index contributed by atoms with van der Waals surface area (Å²) < 4.78 is 0. The summed E-state index contributed by atoms with van der Waals surface area (Å²) in [5.41, 5.74) is 0. The Hall–Kier alpha value is 0.217. The molecule has 0 nitrogen and oxygen atoms in total. The lowest BCUT2D eigenvalue weighted by Gasteiger charge is -2.04. The number of unbranched alkanes of at least 4 members (excludes halogenated alkanes) is 31. The van der Waals surface area contributed by atoms with Gasteiger partial charge in [-0.05, 0) is 0 Å². The van der Waals surface area contributed by atoms with Crippen molar-refractivity contribution in [1.29, 1.82) is 0 Å². The molecule has 0 unspecified atom stereocenters. The fraction of sp³-hybridized carbons (Fsp3) is 1.00. The molecule has 0 N–H and O–H groups in total. The van der Waals surface area contributed by atoms with E-state index in [1.165, 1.54) is 212 Å². The van der Waals surface area contributed by atoms with Crippen molar-refractivity contribution in [2.75, 3.05) is 0 Å². The third-order valence-electron chi connectivity index (χ3n) is 8.03. The second-order valence-corrected chi connectivity index (χ2v) is 12.2. The molecule has 0 saturated carbocycles. The predicted molar refractivity (Wildman–Crippen MR) is 164 cm³/mol. The second kappa shape index (κ2) is 34.2. The van der Waals surface area contributed by atoms with Crippen molar-refractivity contribution >= 4 is 10.2 Å². The van der Waals surface area contributed by atoms with Crippen molar-refractivity contribution in [3.63, 3.8) is 0 Å². The fourth-order valence-corrected chi connectivity index (χ4v) is 5.75. The maximum Gasteiger partial charge on any atom is 0.0222 e. The lowest BCUT2D eigenvalue weighted by molar-refractivity contribution is 0.512. The van der Waals surface area contributed by atoms with E-state index in [-0.39, 0.29) is 0 Å². The van der Waals surface area contributed by atoms with E-state index >= 15 is 0 Å². The van der Waals surface area contributed by atoms with Crippen LogP contribution >= 0.6 is 0 Å². The summed E-state index contributed by atoms with van der Waals surface area (Å²) in [4.78, 5) is 0. The van der Waals surface area contributed by atoms with Gasteiger partial charge in [0.1, 0.15) is 0 Å². The van der Waals surface area contributed by atoms with Crippen LogP contribution in [0.5, 0.6) is 0 Å². The Morgan fingerprint density at radius 1 is 0.229 bits per heavy atom. The van der Waals surface area contributed by atoms with Gasteiger partial charge in [-0.1, -0.05) is 218 Å². The topological polar surface area (TPSA) is 0 Å². The standard InChI is InChI=1S/C34H69Si/c1-2-3-4-5-6-7-8-9-10-11-12-13-14-15-16-17-18-19-20-21-22-23-24-25-26-27-28-29-30-31-32-33-34-35/h2-34H2,1H3. The Morgan fingerprint density at radius 2 is 0.371 bits per heavy atom. The Bertz CT molecular complexity index is 307. The molecular formula is C34H69Si. The Morgan fingerprint density at radius 3 is 0.514 bits per heavy atom. The van der Waals surface area contributed by atoms with Crippen molar-refractivity contribution in [2.24, 2.45) is 0 Å². The maximum absolute atomic E-state index is 3.57. The zero-order valence-electron chi connectivity index (χ0n) is 24.8. The quantitative estimate of drug-likeness (QED) is 0.0629. The minimum Gasteiger partial charge on any atom is -0.0654 e. The molecule has 0 amide bonds. The summed E-state index contributed by atoms with van der Waals surface area (Å²) in [6.07, 6.45) is 47.2. The summed E-state index contributed by atoms with van der Waals surface area (Å²) >= 11 is 0. The van der Waals surface area contributed by atoms with E-state index in [1.54, 1.807) is 0 Å². The highest BCUT2D eigenvalue weighted by atomic mass is 28.1. The first-order valence-electron chi connectivity index (χ1n) is 17.1. The van der Waals surface area contributed by atoms with Crippen molar-refractivity contribution in [2.45, 2.75) is 218 Å². The van der Waals surface area contributed by atoms with Crippen molar-refractivity contribution in [3.8, 4) is 0 Å². The van der Waals surface area contributed by atoms with Gasteiger partial charge in [-0.3, -0.25) is 0 Å². The van der Waals surface area contributed by atoms with Gasteiger partial charge < -0.3 is 0 Å². The molecule has 3 radical (unpaired) electrons. The van der Waals surface area contributed by atoms with Gasteiger partial charge in [-0.2, -0.15) is 0 Å². The van der Waals surface area contributed by atoms with Crippen LogP contribution in [-0.4, -0.2) is 10.2 Å². The first-order valence-corrected chi connectivity index (χ1v) is 17.8. The van der Waals surface area contributed by atoms with E-state index in [1.807, 2.05) is 0 Å². The molecule has 0 aliphatic rings. The summed E-state index contributed by atoms with van der Waals surface area (Å²) in [7, 11) is 3.57. The lowest BCUT2D eigenvalue weighted by atomic mass is 10.0. The number of hydrogen-bond donors (Lipinski definition) is 0. The monoisotopic (exact) mass is 506 g/mol. The molecule has 0 aliphatic heterocycles. The van der Waals surface area contributed by atoms with E-state index in [0.29, 0.717) is 0 Å². The van der Waals surface area contributed by atoms with E-state index in [4.69, 9.17) is 0 Å². The lowest BCUT2D eigenvalue weighted by Crippen LogP contribution is -1.85. The van der Waals surface area contributed by atoms with Gasteiger partial charge in [0.25, 0.3) is 0 Å². The van der Waals surface area contributed by atoms with Crippen LogP contribution in [0.3, 0.4) is 0 Å². The van der Waals surface area contributed by atoms with E-state index in [0.717, 1.165) is 0 Å². The second-order valence-electron chi connectivity index (χ2n) is 11.7. The van der Waals surface area contributed by atoms with Gasteiger partial charge in [0.2, 0.25) is 0 Å². The van der Waals surface area contributed by atoms with Crippen molar-refractivity contribution < 1.29 is 0 Å². The molecule has 0 bridgehead atoms. The number of hydrogen-bond acceptors (Lipinski definition) is 0. The van der Waals surface area contributed by atoms with Gasteiger partial charge in [0.15, 0.2) is 0 Å². The van der Waals surface area contributed by atoms with Gasteiger partial charge in [-0.25, -0.2) is 0 Å². The predicted octanol–water partition coefficient (Wildman–Crippen LogP) is 13.1. The van der Waals surface area contributed by atoms with Gasteiger partial charge >= 0.3 is 0 Å². The van der Waals surface area contributed by atoms with Crippen LogP contribution < -0.4 is 0 Å². The van der Waals surface area contributed by atoms with Crippen molar-refractivity contribution in [3.05, 3.63) is 0 Å². The molecule has 0 fully saturated rings. The maximum atomic E-state index is 3.57. The minimum absolute atomic E-state index is 1.18. The smallest absolute Gasteiger partial charge is 0.0222 e. The third kappa shape index (κ3) is 34.2. The molecule has 0 spiro atoms. The highest BCUT2D eigenvalue weighted by Gasteiger charge is 1.97. The first kappa shape index (κ1) is 35.2. The highest BCUT2D eigenvalue weighted by molar-refractivity contribution is 6.08. The minimum atomic E-state index is 1.18. The van der Waals surface area contributed by atoms with Gasteiger partial charge in [-0.15, -0.1) is 0 Å². The average molecular weight is 506 g/mol. The zero-order chi connectivity index (χ0) is 25.3. The van der Waals surface area contributed by atoms with Crippen LogP contribution in [-0.2, 0) is 0 Å². The van der Waals surface area contributed by atoms with Crippen LogP contribution in [0.25, 0.3) is 0 Å². The Balaban J connectivity index is 3.00. The zero-order valence-corrected chi connectivity index (χ0v) is 25.8. The molecular weight excluding hydrogens is 436 g/mol. The highest BCUT2D eigenvalue weighted by Crippen LogP contribution is 2.16. The normalized spacial score (nSPS) is 11.5. The summed E-state index contributed by atoms with van der Waals surface area (Å²) in [6.45, 7) is 2.31. The Labute approximate surface area is 228 Å². The molecule has 209 valence electrons. The van der Waals surface area contributed by atoms with Crippen LogP contribution in [0.2, 0.25) is 6.04 Å². The molecule has 0 heterocycles. The summed E-state index contributed by atoms with van der Waals surface area (Å²) in [5.74, 6) is 0. The Kier molecular flexibility index (Phi) is 34.4. The van der Waals surface area contributed by atoms with E-state index in [9.17, 15) is 0 Å². The molecule has 0 atom stereocenters. The molecule has 1 heteroatoms. The van der Waals surface area contributed by atoms with E-state index < -0.39 is 0 Å². The molecule has 35 heavy (non-hydrogen) atoms. The summed E-state index contributed by atoms with van der Waals surface area (Å²) in [5, 5.41) is 0. The SMILES string of the molecule is CCCCCCCCCCCCCCCCCCCCCCCCCCCCCCCCCC[Si]. The number of rotatable bonds is 32. The average Bonchev–Trinajstić information content (AvgIpc) is 2.87. The van der Waals surface area contributed by atoms with E-state index in [2.05, 4.69) is 17.2 Å². The molecule has 0 aliphatic carbocycles. The van der Waals surface area contributed by atoms with Crippen LogP contribution in [0.1, 0.15) is 212 Å². The summed E-state index contributed by atoms with van der Waals surface area (Å²) in [6, 6.07) is 1.18. The molecule has 0 rings (SSSR count). The largest absolute Gasteiger partial charge is 0.0654 e. The van der Waals surface area contributed by atoms with Crippen molar-refractivity contribution in [1.82, 2.24) is 0 Å². The molecule has 0 aromatic rings. The van der Waals surface area contributed by atoms with Gasteiger partial charge in [0, 0.05) is 10.2 Å².